The molecule has 0 amide bonds. The van der Waals surface area contributed by atoms with Gasteiger partial charge in [-0.1, -0.05) is 6.07 Å². The summed E-state index contributed by atoms with van der Waals surface area (Å²) in [5.74, 6) is 1.62. The van der Waals surface area contributed by atoms with Crippen LogP contribution in [0.15, 0.2) is 30.5 Å². The minimum absolute atomic E-state index is 0.330. The Kier molecular flexibility index (Phi) is 5.00. The summed E-state index contributed by atoms with van der Waals surface area (Å²) in [5, 5.41) is 4.47. The lowest BCUT2D eigenvalue weighted by Gasteiger charge is -2.26. The Morgan fingerprint density at radius 1 is 1.04 bits per heavy atom. The summed E-state index contributed by atoms with van der Waals surface area (Å²) in [6, 6.07) is 8.49. The van der Waals surface area contributed by atoms with Gasteiger partial charge in [0.05, 0.1) is 12.6 Å². The first-order chi connectivity index (χ1) is 13.5. The molecule has 3 aromatic rings. The van der Waals surface area contributed by atoms with Crippen LogP contribution in [0.2, 0.25) is 0 Å². The molecule has 0 saturated heterocycles. The second kappa shape index (κ2) is 7.59. The number of nitrogens with zero attached hydrogens (tertiary/aromatic N) is 3. The zero-order valence-corrected chi connectivity index (χ0v) is 16.3. The minimum Gasteiger partial charge on any atom is -0.480 e. The van der Waals surface area contributed by atoms with E-state index in [0.29, 0.717) is 29.7 Å². The number of nitrogen functional groups attached to an aromatic ring is 1. The van der Waals surface area contributed by atoms with Crippen molar-refractivity contribution in [2.24, 2.45) is 5.73 Å². The molecule has 1 aliphatic carbocycles. The first-order valence-corrected chi connectivity index (χ1v) is 9.64. The largest absolute Gasteiger partial charge is 0.480 e. The van der Waals surface area contributed by atoms with Gasteiger partial charge in [-0.3, -0.25) is 0 Å². The highest BCUT2D eigenvalue weighted by Crippen LogP contribution is 2.34. The number of pyridine rings is 1. The molecule has 1 fully saturated rings. The number of rotatable bonds is 4. The van der Waals surface area contributed by atoms with Crippen LogP contribution in [-0.4, -0.2) is 34.1 Å². The van der Waals surface area contributed by atoms with E-state index in [-0.39, 0.29) is 0 Å². The minimum atomic E-state index is 0.330. The van der Waals surface area contributed by atoms with E-state index in [0.717, 1.165) is 53.3 Å². The first-order valence-electron chi connectivity index (χ1n) is 9.64. The van der Waals surface area contributed by atoms with Gasteiger partial charge in [0.15, 0.2) is 0 Å². The van der Waals surface area contributed by atoms with Crippen LogP contribution < -0.4 is 21.5 Å². The summed E-state index contributed by atoms with van der Waals surface area (Å²) >= 11 is 0. The van der Waals surface area contributed by atoms with E-state index in [2.05, 4.69) is 22.2 Å². The average molecular weight is 378 g/mol. The number of ether oxygens (including phenoxy) is 1. The Labute approximate surface area is 164 Å². The number of nitrogens with one attached hydrogen (secondary N) is 1. The van der Waals surface area contributed by atoms with E-state index in [1.54, 1.807) is 13.2 Å². The molecule has 5 N–H and O–H groups in total. The fraction of sp³-hybridized carbons (Fsp3) is 0.381. The van der Waals surface area contributed by atoms with Gasteiger partial charge >= 0.3 is 0 Å². The Balaban J connectivity index is 1.65. The fourth-order valence-corrected chi connectivity index (χ4v) is 3.87. The smallest absolute Gasteiger partial charge is 0.223 e. The molecule has 0 atom stereocenters. The molecular weight excluding hydrogens is 352 g/mol. The van der Waals surface area contributed by atoms with Gasteiger partial charge in [0, 0.05) is 29.2 Å². The summed E-state index contributed by atoms with van der Waals surface area (Å²) in [7, 11) is 1.60. The number of aryl methyl sites for hydroxylation is 1. The molecule has 28 heavy (non-hydrogen) atoms. The third-order valence-corrected chi connectivity index (χ3v) is 5.50. The molecule has 7 heteroatoms. The highest BCUT2D eigenvalue weighted by Gasteiger charge is 2.19. The van der Waals surface area contributed by atoms with E-state index in [1.807, 2.05) is 24.4 Å². The molecule has 2 aromatic heterocycles. The van der Waals surface area contributed by atoms with Crippen LogP contribution in [-0.2, 0) is 0 Å². The third kappa shape index (κ3) is 3.57. The number of hydrogen-bond donors (Lipinski definition) is 3. The topological polar surface area (TPSA) is 112 Å². The van der Waals surface area contributed by atoms with Crippen LogP contribution in [0.1, 0.15) is 31.2 Å². The Hall–Kier alpha value is -2.93. The van der Waals surface area contributed by atoms with E-state index in [9.17, 15) is 0 Å². The summed E-state index contributed by atoms with van der Waals surface area (Å²) in [6.45, 7) is 2.06. The van der Waals surface area contributed by atoms with Crippen molar-refractivity contribution >= 4 is 22.7 Å². The average Bonchev–Trinajstić information content (AvgIpc) is 2.70. The molecule has 1 saturated carbocycles. The second-order valence-electron chi connectivity index (χ2n) is 7.41. The summed E-state index contributed by atoms with van der Waals surface area (Å²) in [4.78, 5) is 13.6. The van der Waals surface area contributed by atoms with Crippen molar-refractivity contribution in [2.75, 3.05) is 18.2 Å². The summed E-state index contributed by atoms with van der Waals surface area (Å²) in [6.07, 6.45) is 6.10. The van der Waals surface area contributed by atoms with Crippen molar-refractivity contribution in [3.8, 4) is 17.0 Å². The van der Waals surface area contributed by atoms with Crippen molar-refractivity contribution in [3.63, 3.8) is 0 Å². The van der Waals surface area contributed by atoms with E-state index in [1.165, 1.54) is 0 Å². The highest BCUT2D eigenvalue weighted by molar-refractivity contribution is 5.90. The van der Waals surface area contributed by atoms with Crippen molar-refractivity contribution in [2.45, 2.75) is 44.7 Å². The van der Waals surface area contributed by atoms with E-state index in [4.69, 9.17) is 21.2 Å². The van der Waals surface area contributed by atoms with Crippen LogP contribution >= 0.6 is 0 Å². The van der Waals surface area contributed by atoms with Crippen molar-refractivity contribution in [3.05, 3.63) is 36.0 Å². The zero-order chi connectivity index (χ0) is 19.7. The molecule has 1 aromatic carbocycles. The number of methoxy groups -OCH3 is 1. The standard InChI is InChI=1S/C21H26N6O/c1-12-15(16-8-10-19(23)27-20(16)28-2)7-9-18-17(12)11-24-21(26-18)25-14-5-3-13(22)4-6-14/h7-11,13-14H,3-6,22H2,1-2H3,(H2,23,27)(H,24,25,26). The number of hydrogen-bond acceptors (Lipinski definition) is 7. The third-order valence-electron chi connectivity index (χ3n) is 5.50. The summed E-state index contributed by atoms with van der Waals surface area (Å²) < 4.78 is 5.42. The molecule has 7 nitrogen and oxygen atoms in total. The lowest BCUT2D eigenvalue weighted by atomic mass is 9.92. The maximum Gasteiger partial charge on any atom is 0.223 e. The van der Waals surface area contributed by atoms with Gasteiger partial charge in [0.25, 0.3) is 0 Å². The van der Waals surface area contributed by atoms with E-state index < -0.39 is 0 Å². The number of anilines is 2. The molecule has 2 heterocycles. The van der Waals surface area contributed by atoms with Gasteiger partial charge in [-0.2, -0.15) is 4.98 Å². The number of nitrogens with two attached hydrogens (primary N) is 2. The molecule has 0 spiro atoms. The monoisotopic (exact) mass is 378 g/mol. The first kappa shape index (κ1) is 18.4. The van der Waals surface area contributed by atoms with Crippen molar-refractivity contribution in [1.82, 2.24) is 15.0 Å². The molecule has 0 bridgehead atoms. The molecular formula is C21H26N6O. The van der Waals surface area contributed by atoms with Crippen molar-refractivity contribution < 1.29 is 4.74 Å². The predicted octanol–water partition coefficient (Wildman–Crippen LogP) is 3.27. The van der Waals surface area contributed by atoms with Gasteiger partial charge in [-0.05, 0) is 61.9 Å². The zero-order valence-electron chi connectivity index (χ0n) is 16.3. The second-order valence-corrected chi connectivity index (χ2v) is 7.41. The van der Waals surface area contributed by atoms with Crippen molar-refractivity contribution in [1.29, 1.82) is 0 Å². The molecule has 0 unspecified atom stereocenters. The maximum atomic E-state index is 5.99. The van der Waals surface area contributed by atoms with Gasteiger partial charge in [-0.15, -0.1) is 0 Å². The maximum absolute atomic E-state index is 5.99. The number of fused-ring (bicyclic) bond motifs is 1. The summed E-state index contributed by atoms with van der Waals surface area (Å²) in [5.41, 5.74) is 15.7. The fourth-order valence-electron chi connectivity index (χ4n) is 3.87. The van der Waals surface area contributed by atoms with Gasteiger partial charge in [-0.25, -0.2) is 9.97 Å². The Bertz CT molecular complexity index is 998. The number of aromatic nitrogens is 3. The van der Waals surface area contributed by atoms with Crippen LogP contribution in [0.4, 0.5) is 11.8 Å². The van der Waals surface area contributed by atoms with Crippen LogP contribution in [0, 0.1) is 6.92 Å². The van der Waals surface area contributed by atoms with Crippen LogP contribution in [0.25, 0.3) is 22.0 Å². The quantitative estimate of drug-likeness (QED) is 0.639. The lowest BCUT2D eigenvalue weighted by molar-refractivity contribution is 0.400. The molecule has 0 radical (unpaired) electrons. The predicted molar refractivity (Wildman–Crippen MR) is 112 cm³/mol. The van der Waals surface area contributed by atoms with Gasteiger partial charge < -0.3 is 21.5 Å². The van der Waals surface area contributed by atoms with E-state index >= 15 is 0 Å². The SMILES string of the molecule is COc1nc(N)ccc1-c1ccc2nc(NC3CCC(N)CC3)ncc2c1C. The number of benzene rings is 1. The van der Waals surface area contributed by atoms with Gasteiger partial charge in [0.1, 0.15) is 5.82 Å². The normalized spacial score (nSPS) is 19.5. The molecule has 1 aliphatic rings. The molecule has 0 aliphatic heterocycles. The Morgan fingerprint density at radius 3 is 2.54 bits per heavy atom. The molecule has 4 rings (SSSR count). The highest BCUT2D eigenvalue weighted by atomic mass is 16.5. The Morgan fingerprint density at radius 2 is 1.79 bits per heavy atom. The molecule has 146 valence electrons. The van der Waals surface area contributed by atoms with Gasteiger partial charge in [0.2, 0.25) is 11.8 Å². The van der Waals surface area contributed by atoms with Crippen LogP contribution in [0.5, 0.6) is 5.88 Å². The van der Waals surface area contributed by atoms with Crippen LogP contribution in [0.3, 0.4) is 0 Å². The lowest BCUT2D eigenvalue weighted by Crippen LogP contribution is -2.33.